The third kappa shape index (κ3) is 4.21. The smallest absolute Gasteiger partial charge is 0.263 e. The second-order valence-electron chi connectivity index (χ2n) is 8.72. The Morgan fingerprint density at radius 2 is 1.53 bits per heavy atom. The van der Waals surface area contributed by atoms with E-state index in [1.165, 1.54) is 5.69 Å². The highest BCUT2D eigenvalue weighted by Gasteiger charge is 2.27. The molecule has 1 fully saturated rings. The number of para-hydroxylation sites is 2. The number of rotatable bonds is 5. The highest BCUT2D eigenvalue weighted by atomic mass is 16.5. The Morgan fingerprint density at radius 3 is 2.18 bits per heavy atom. The van der Waals surface area contributed by atoms with Crippen molar-refractivity contribution in [1.82, 2.24) is 19.7 Å². The van der Waals surface area contributed by atoms with Gasteiger partial charge in [0, 0.05) is 43.3 Å². The zero-order chi connectivity index (χ0) is 23.7. The van der Waals surface area contributed by atoms with E-state index in [1.54, 1.807) is 6.92 Å². The van der Waals surface area contributed by atoms with E-state index < -0.39 is 6.10 Å². The Kier molecular flexibility index (Phi) is 5.92. The van der Waals surface area contributed by atoms with Crippen molar-refractivity contribution >= 4 is 22.6 Å². The van der Waals surface area contributed by atoms with Crippen molar-refractivity contribution in [2.45, 2.75) is 26.9 Å². The van der Waals surface area contributed by atoms with Crippen LogP contribution in [0.2, 0.25) is 0 Å². The number of carbonyl (C=O) groups is 1. The van der Waals surface area contributed by atoms with Crippen molar-refractivity contribution in [1.29, 1.82) is 0 Å². The highest BCUT2D eigenvalue weighted by Crippen LogP contribution is 2.27. The lowest BCUT2D eigenvalue weighted by Crippen LogP contribution is -2.52. The molecule has 2 aromatic heterocycles. The molecule has 0 N–H and O–H groups in total. The summed E-state index contributed by atoms with van der Waals surface area (Å²) in [6.45, 7) is 8.77. The van der Waals surface area contributed by atoms with Crippen LogP contribution in [0.1, 0.15) is 18.2 Å². The first kappa shape index (κ1) is 21.9. The van der Waals surface area contributed by atoms with Gasteiger partial charge in [-0.05, 0) is 50.6 Å². The third-order valence-corrected chi connectivity index (χ3v) is 6.35. The lowest BCUT2D eigenvalue weighted by atomic mass is 10.1. The van der Waals surface area contributed by atoms with E-state index in [0.29, 0.717) is 19.0 Å². The molecule has 1 amide bonds. The van der Waals surface area contributed by atoms with Gasteiger partial charge in [0.1, 0.15) is 0 Å². The Balaban J connectivity index is 1.31. The largest absolute Gasteiger partial charge is 0.464 e. The predicted octanol–water partition coefficient (Wildman–Crippen LogP) is 4.15. The second-order valence-corrected chi connectivity index (χ2v) is 8.72. The van der Waals surface area contributed by atoms with Crippen LogP contribution in [0, 0.1) is 13.8 Å². The maximum absolute atomic E-state index is 13.1. The summed E-state index contributed by atoms with van der Waals surface area (Å²) in [4.78, 5) is 22.1. The van der Waals surface area contributed by atoms with Crippen LogP contribution in [0.4, 0.5) is 5.69 Å². The van der Waals surface area contributed by atoms with Crippen LogP contribution in [0.25, 0.3) is 16.7 Å². The van der Waals surface area contributed by atoms with Gasteiger partial charge in [-0.1, -0.05) is 36.4 Å². The van der Waals surface area contributed by atoms with Gasteiger partial charge >= 0.3 is 0 Å². The molecule has 0 bridgehead atoms. The summed E-state index contributed by atoms with van der Waals surface area (Å²) in [6, 6.07) is 22.1. The number of amides is 1. The van der Waals surface area contributed by atoms with E-state index in [4.69, 9.17) is 14.8 Å². The lowest BCUT2D eigenvalue weighted by molar-refractivity contribution is -0.138. The molecule has 5 rings (SSSR count). The molecule has 174 valence electrons. The third-order valence-electron chi connectivity index (χ3n) is 6.35. The Morgan fingerprint density at radius 1 is 0.912 bits per heavy atom. The van der Waals surface area contributed by atoms with Crippen molar-refractivity contribution < 1.29 is 9.53 Å². The van der Waals surface area contributed by atoms with Gasteiger partial charge in [-0.2, -0.15) is 10.1 Å². The number of fused-ring (bicyclic) bond motifs is 1. The number of anilines is 1. The van der Waals surface area contributed by atoms with Gasteiger partial charge in [0.15, 0.2) is 11.8 Å². The number of aryl methyl sites for hydroxylation is 2. The number of piperazine rings is 1. The van der Waals surface area contributed by atoms with Crippen molar-refractivity contribution in [3.8, 4) is 11.6 Å². The van der Waals surface area contributed by atoms with Crippen LogP contribution >= 0.6 is 0 Å². The number of aromatic nitrogens is 3. The van der Waals surface area contributed by atoms with Gasteiger partial charge in [0.25, 0.3) is 5.91 Å². The zero-order valence-electron chi connectivity index (χ0n) is 19.8. The highest BCUT2D eigenvalue weighted by molar-refractivity contribution is 5.84. The minimum absolute atomic E-state index is 0.0139. The molecule has 0 spiro atoms. The molecule has 1 aliphatic rings. The van der Waals surface area contributed by atoms with Gasteiger partial charge in [0.2, 0.25) is 5.88 Å². The minimum atomic E-state index is -0.623. The quantitative estimate of drug-likeness (QED) is 0.452. The summed E-state index contributed by atoms with van der Waals surface area (Å²) < 4.78 is 7.91. The van der Waals surface area contributed by atoms with Crippen LogP contribution in [0.5, 0.6) is 5.88 Å². The number of hydrogen-bond donors (Lipinski definition) is 0. The molecule has 34 heavy (non-hydrogen) atoms. The molecule has 1 atom stereocenters. The average Bonchev–Trinajstić information content (AvgIpc) is 3.21. The molecular weight excluding hydrogens is 426 g/mol. The van der Waals surface area contributed by atoms with Crippen molar-refractivity contribution in [2.75, 3.05) is 31.1 Å². The molecule has 4 aromatic rings. The van der Waals surface area contributed by atoms with E-state index >= 15 is 0 Å². The summed E-state index contributed by atoms with van der Waals surface area (Å²) in [5.41, 5.74) is 4.80. The van der Waals surface area contributed by atoms with E-state index in [1.807, 2.05) is 78.0 Å². The Bertz CT molecular complexity index is 1300. The van der Waals surface area contributed by atoms with Crippen LogP contribution in [-0.4, -0.2) is 57.9 Å². The minimum Gasteiger partial charge on any atom is -0.464 e. The molecule has 7 heteroatoms. The number of pyridine rings is 1. The Hall–Kier alpha value is -3.87. The second kappa shape index (κ2) is 9.17. The Labute approximate surface area is 199 Å². The van der Waals surface area contributed by atoms with Crippen LogP contribution < -0.4 is 9.64 Å². The molecule has 0 saturated carbocycles. The summed E-state index contributed by atoms with van der Waals surface area (Å²) >= 11 is 0. The number of ether oxygens (including phenoxy) is 1. The molecule has 2 aromatic carbocycles. The molecule has 7 nitrogen and oxygen atoms in total. The molecule has 0 aliphatic carbocycles. The monoisotopic (exact) mass is 455 g/mol. The van der Waals surface area contributed by atoms with Gasteiger partial charge in [-0.25, -0.2) is 4.68 Å². The van der Waals surface area contributed by atoms with Crippen molar-refractivity contribution in [3.63, 3.8) is 0 Å². The maximum atomic E-state index is 13.1. The fraction of sp³-hybridized carbons (Fsp3) is 0.296. The first-order valence-electron chi connectivity index (χ1n) is 11.7. The number of carbonyl (C=O) groups excluding carboxylic acids is 1. The van der Waals surface area contributed by atoms with Gasteiger partial charge in [0.05, 0.1) is 11.4 Å². The van der Waals surface area contributed by atoms with Crippen molar-refractivity contribution in [3.05, 3.63) is 78.0 Å². The van der Waals surface area contributed by atoms with Gasteiger partial charge < -0.3 is 14.5 Å². The normalized spacial score (nSPS) is 14.9. The number of nitrogens with zero attached hydrogens (tertiary/aromatic N) is 5. The number of hydrogen-bond acceptors (Lipinski definition) is 5. The lowest BCUT2D eigenvalue weighted by Gasteiger charge is -2.37. The van der Waals surface area contributed by atoms with Crippen LogP contribution in [-0.2, 0) is 4.79 Å². The molecule has 1 saturated heterocycles. The summed E-state index contributed by atoms with van der Waals surface area (Å²) in [7, 11) is 0. The molecular formula is C27H29N5O2. The van der Waals surface area contributed by atoms with Gasteiger partial charge in [-0.15, -0.1) is 0 Å². The predicted molar refractivity (Wildman–Crippen MR) is 134 cm³/mol. The van der Waals surface area contributed by atoms with Crippen LogP contribution in [0.3, 0.4) is 0 Å². The average molecular weight is 456 g/mol. The molecule has 0 radical (unpaired) electrons. The van der Waals surface area contributed by atoms with Gasteiger partial charge in [-0.3, -0.25) is 4.79 Å². The van der Waals surface area contributed by atoms with E-state index in [9.17, 15) is 4.79 Å². The molecule has 1 unspecified atom stereocenters. The molecule has 3 heterocycles. The topological polar surface area (TPSA) is 63.5 Å². The standard InChI is InChI=1S/C27H29N5O2/c1-19-18-24(28-26-25(19)20(2)29-32(26)23-12-8-5-9-13-23)34-21(3)27(33)31-16-14-30(15-17-31)22-10-6-4-7-11-22/h4-13,18,21H,14-17H2,1-3H3. The fourth-order valence-corrected chi connectivity index (χ4v) is 4.60. The van der Waals surface area contributed by atoms with E-state index in [2.05, 4.69) is 17.0 Å². The number of benzene rings is 2. The fourth-order valence-electron chi connectivity index (χ4n) is 4.60. The van der Waals surface area contributed by atoms with E-state index in [0.717, 1.165) is 41.1 Å². The van der Waals surface area contributed by atoms with E-state index in [-0.39, 0.29) is 5.91 Å². The first-order chi connectivity index (χ1) is 16.5. The summed E-state index contributed by atoms with van der Waals surface area (Å²) in [6.07, 6.45) is -0.623. The zero-order valence-corrected chi connectivity index (χ0v) is 19.8. The van der Waals surface area contributed by atoms with Crippen LogP contribution in [0.15, 0.2) is 66.7 Å². The maximum Gasteiger partial charge on any atom is 0.263 e. The SMILES string of the molecule is Cc1cc(OC(C)C(=O)N2CCN(c3ccccc3)CC2)nc2c1c(C)nn2-c1ccccc1. The summed E-state index contributed by atoms with van der Waals surface area (Å²) in [5.74, 6) is 0.422. The molecule has 1 aliphatic heterocycles. The summed E-state index contributed by atoms with van der Waals surface area (Å²) in [5, 5.41) is 5.71. The first-order valence-corrected chi connectivity index (χ1v) is 11.7. The van der Waals surface area contributed by atoms with Crippen molar-refractivity contribution in [2.24, 2.45) is 0 Å².